The summed E-state index contributed by atoms with van der Waals surface area (Å²) in [6, 6.07) is 10.1. The van der Waals surface area contributed by atoms with E-state index >= 15 is 0 Å². The van der Waals surface area contributed by atoms with E-state index in [9.17, 15) is 4.79 Å². The average molecular weight is 494 g/mol. The molecule has 3 rings (SSSR count). The van der Waals surface area contributed by atoms with Crippen LogP contribution in [0.2, 0.25) is 5.02 Å². The van der Waals surface area contributed by atoms with Crippen LogP contribution in [0.3, 0.4) is 0 Å². The summed E-state index contributed by atoms with van der Waals surface area (Å²) in [7, 11) is 0. The van der Waals surface area contributed by atoms with Gasteiger partial charge in [-0.05, 0) is 60.3 Å². The predicted molar refractivity (Wildman–Crippen MR) is 124 cm³/mol. The van der Waals surface area contributed by atoms with Crippen molar-refractivity contribution >= 4 is 49.9 Å². The quantitative estimate of drug-likeness (QED) is 0.362. The number of ether oxygens (including phenoxy) is 1. The molecular formula is C22H22BrClN2O2S. The Bertz CT molecular complexity index is 1020. The van der Waals surface area contributed by atoms with Crippen molar-refractivity contribution in [2.45, 2.75) is 33.6 Å². The van der Waals surface area contributed by atoms with E-state index in [1.807, 2.05) is 44.4 Å². The van der Waals surface area contributed by atoms with Gasteiger partial charge in [-0.1, -0.05) is 41.4 Å². The first-order valence-corrected chi connectivity index (χ1v) is 11.3. The number of anilines is 1. The molecule has 0 atom stereocenters. The van der Waals surface area contributed by atoms with Gasteiger partial charge < -0.3 is 10.1 Å². The van der Waals surface area contributed by atoms with E-state index in [1.54, 1.807) is 0 Å². The Kier molecular flexibility index (Phi) is 7.33. The van der Waals surface area contributed by atoms with Crippen LogP contribution in [0.15, 0.2) is 40.2 Å². The monoisotopic (exact) mass is 492 g/mol. The van der Waals surface area contributed by atoms with E-state index in [-0.39, 0.29) is 5.91 Å². The summed E-state index contributed by atoms with van der Waals surface area (Å²) in [5.74, 6) is 0.674. The predicted octanol–water partition coefficient (Wildman–Crippen LogP) is 6.95. The molecule has 2 aromatic carbocycles. The number of rotatable bonds is 7. The van der Waals surface area contributed by atoms with Crippen LogP contribution < -0.4 is 10.1 Å². The summed E-state index contributed by atoms with van der Waals surface area (Å²) in [6.45, 7) is 6.38. The summed E-state index contributed by atoms with van der Waals surface area (Å²) in [4.78, 5) is 16.7. The lowest BCUT2D eigenvalue weighted by molar-refractivity contribution is -0.116. The largest absolute Gasteiger partial charge is 0.492 e. The number of hydrogen-bond donors (Lipinski definition) is 1. The first-order valence-electron chi connectivity index (χ1n) is 9.25. The first kappa shape index (κ1) is 21.8. The van der Waals surface area contributed by atoms with Gasteiger partial charge in [0, 0.05) is 22.4 Å². The molecule has 3 aromatic rings. The summed E-state index contributed by atoms with van der Waals surface area (Å²) >= 11 is 11.2. The topological polar surface area (TPSA) is 51.2 Å². The van der Waals surface area contributed by atoms with Gasteiger partial charge >= 0.3 is 0 Å². The van der Waals surface area contributed by atoms with Gasteiger partial charge in [0.2, 0.25) is 5.91 Å². The van der Waals surface area contributed by atoms with E-state index in [2.05, 4.69) is 38.4 Å². The molecule has 0 spiro atoms. The fraction of sp³-hybridized carbons (Fsp3) is 0.273. The van der Waals surface area contributed by atoms with Crippen LogP contribution in [0.1, 0.15) is 29.5 Å². The van der Waals surface area contributed by atoms with Crippen molar-refractivity contribution in [1.82, 2.24) is 4.98 Å². The number of aromatic nitrogens is 1. The molecule has 0 saturated carbocycles. The molecule has 152 valence electrons. The summed E-state index contributed by atoms with van der Waals surface area (Å²) in [6.07, 6.45) is 0.970. The third-order valence-corrected chi connectivity index (χ3v) is 6.80. The zero-order chi connectivity index (χ0) is 21.0. The molecule has 4 nitrogen and oxygen atoms in total. The van der Waals surface area contributed by atoms with Crippen LogP contribution in [0.25, 0.3) is 11.3 Å². The van der Waals surface area contributed by atoms with Gasteiger partial charge in [-0.25, -0.2) is 4.98 Å². The van der Waals surface area contributed by atoms with Gasteiger partial charge in [0.05, 0.1) is 16.8 Å². The van der Waals surface area contributed by atoms with Gasteiger partial charge in [0.15, 0.2) is 5.13 Å². The molecule has 7 heteroatoms. The van der Waals surface area contributed by atoms with Crippen LogP contribution in [-0.4, -0.2) is 17.5 Å². The number of amides is 1. The van der Waals surface area contributed by atoms with Crippen LogP contribution in [-0.2, 0) is 4.79 Å². The lowest BCUT2D eigenvalue weighted by Gasteiger charge is -2.13. The molecule has 0 aliphatic heterocycles. The zero-order valence-electron chi connectivity index (χ0n) is 16.5. The van der Waals surface area contributed by atoms with Gasteiger partial charge in [0.25, 0.3) is 0 Å². The number of hydrogen-bond acceptors (Lipinski definition) is 4. The molecule has 1 N–H and O–H groups in total. The Balaban J connectivity index is 1.48. The highest BCUT2D eigenvalue weighted by Gasteiger charge is 2.12. The third-order valence-electron chi connectivity index (χ3n) is 4.47. The second-order valence-electron chi connectivity index (χ2n) is 6.85. The van der Waals surface area contributed by atoms with E-state index in [1.165, 1.54) is 16.9 Å². The van der Waals surface area contributed by atoms with Crippen molar-refractivity contribution in [3.63, 3.8) is 0 Å². The lowest BCUT2D eigenvalue weighted by atomic mass is 10.1. The van der Waals surface area contributed by atoms with E-state index in [0.29, 0.717) is 24.6 Å². The molecule has 0 aliphatic rings. The molecule has 0 saturated heterocycles. The normalized spacial score (nSPS) is 10.8. The van der Waals surface area contributed by atoms with Crippen LogP contribution >= 0.6 is 38.9 Å². The zero-order valence-corrected chi connectivity index (χ0v) is 19.7. The number of carbonyl (C=O) groups is 1. The number of aryl methyl sites for hydroxylation is 2. The summed E-state index contributed by atoms with van der Waals surface area (Å²) in [5, 5.41) is 6.16. The molecule has 1 amide bonds. The molecular weight excluding hydrogens is 472 g/mol. The first-order chi connectivity index (χ1) is 13.8. The van der Waals surface area contributed by atoms with Gasteiger partial charge in [0.1, 0.15) is 5.75 Å². The lowest BCUT2D eigenvalue weighted by Crippen LogP contribution is -2.12. The number of thiazole rings is 1. The molecule has 0 aliphatic carbocycles. The Morgan fingerprint density at radius 3 is 2.69 bits per heavy atom. The Morgan fingerprint density at radius 2 is 1.97 bits per heavy atom. The second kappa shape index (κ2) is 9.74. The Hall–Kier alpha value is -1.89. The minimum Gasteiger partial charge on any atom is -0.492 e. The summed E-state index contributed by atoms with van der Waals surface area (Å²) in [5.41, 5.74) is 5.03. The maximum absolute atomic E-state index is 12.2. The third kappa shape index (κ3) is 5.59. The molecule has 0 fully saturated rings. The van der Waals surface area contributed by atoms with E-state index in [0.717, 1.165) is 37.6 Å². The SMILES string of the molecule is Cc1ccc(-c2csc(NC(=O)CCCOc3cc(C)c(Cl)c(C)c3Br)n2)cc1. The van der Waals surface area contributed by atoms with Crippen molar-refractivity contribution in [3.05, 3.63) is 61.9 Å². The van der Waals surface area contributed by atoms with Gasteiger partial charge in [-0.15, -0.1) is 11.3 Å². The number of benzene rings is 2. The molecule has 1 heterocycles. The van der Waals surface area contributed by atoms with Crippen molar-refractivity contribution in [2.75, 3.05) is 11.9 Å². The van der Waals surface area contributed by atoms with Crippen LogP contribution in [0.5, 0.6) is 5.75 Å². The second-order valence-corrected chi connectivity index (χ2v) is 8.88. The highest BCUT2D eigenvalue weighted by atomic mass is 79.9. The summed E-state index contributed by atoms with van der Waals surface area (Å²) < 4.78 is 6.68. The molecule has 0 radical (unpaired) electrons. The van der Waals surface area contributed by atoms with Crippen molar-refractivity contribution in [2.24, 2.45) is 0 Å². The molecule has 1 aromatic heterocycles. The van der Waals surface area contributed by atoms with Crippen LogP contribution in [0, 0.1) is 20.8 Å². The number of carbonyl (C=O) groups excluding carboxylic acids is 1. The Morgan fingerprint density at radius 1 is 1.24 bits per heavy atom. The minimum absolute atomic E-state index is 0.0686. The Labute approximate surface area is 188 Å². The van der Waals surface area contributed by atoms with Crippen molar-refractivity contribution < 1.29 is 9.53 Å². The highest BCUT2D eigenvalue weighted by Crippen LogP contribution is 2.35. The fourth-order valence-electron chi connectivity index (χ4n) is 2.79. The van der Waals surface area contributed by atoms with Gasteiger partial charge in [-0.3, -0.25) is 4.79 Å². The molecule has 29 heavy (non-hydrogen) atoms. The number of nitrogens with zero attached hydrogens (tertiary/aromatic N) is 1. The van der Waals surface area contributed by atoms with E-state index < -0.39 is 0 Å². The number of halogens is 2. The molecule has 0 bridgehead atoms. The van der Waals surface area contributed by atoms with Crippen LogP contribution in [0.4, 0.5) is 5.13 Å². The van der Waals surface area contributed by atoms with E-state index in [4.69, 9.17) is 16.3 Å². The maximum atomic E-state index is 12.2. The highest BCUT2D eigenvalue weighted by molar-refractivity contribution is 9.10. The average Bonchev–Trinajstić information content (AvgIpc) is 3.16. The maximum Gasteiger partial charge on any atom is 0.226 e. The number of nitrogens with one attached hydrogen (secondary N) is 1. The fourth-order valence-corrected chi connectivity index (χ4v) is 4.22. The smallest absolute Gasteiger partial charge is 0.226 e. The minimum atomic E-state index is -0.0686. The molecule has 0 unspecified atom stereocenters. The standard InChI is InChI=1S/C22H22BrClN2O2S/c1-13-6-8-16(9-7-13)17-12-29-22(25-17)26-19(27)5-4-10-28-18-11-14(2)21(24)15(3)20(18)23/h6-9,11-12H,4-5,10H2,1-3H3,(H,25,26,27). The van der Waals surface area contributed by atoms with Gasteiger partial charge in [-0.2, -0.15) is 0 Å². The van der Waals surface area contributed by atoms with Crippen molar-refractivity contribution in [3.8, 4) is 17.0 Å². The van der Waals surface area contributed by atoms with Crippen molar-refractivity contribution in [1.29, 1.82) is 0 Å².